The highest BCUT2D eigenvalue weighted by Gasteiger charge is 2.02. The zero-order valence-electron chi connectivity index (χ0n) is 5.94. The van der Waals surface area contributed by atoms with Crippen molar-refractivity contribution in [1.29, 1.82) is 5.26 Å². The molecular weight excluding hydrogens is 202 g/mol. The number of nitrogens with two attached hydrogens (primary N) is 1. The molecule has 0 aromatic carbocycles. The number of rotatable bonds is 2. The molecule has 0 aliphatic carbocycles. The minimum atomic E-state index is -0.907. The predicted molar refractivity (Wildman–Crippen MR) is 46.9 cm³/mol. The molecule has 0 rings (SSSR count). The molecule has 2 N–H and O–H groups in total. The van der Waals surface area contributed by atoms with Gasteiger partial charge in [-0.3, -0.25) is 0 Å². The zero-order chi connectivity index (χ0) is 9.72. The Labute approximate surface area is 79.4 Å². The van der Waals surface area contributed by atoms with Crippen molar-refractivity contribution in [3.05, 3.63) is 34.2 Å². The van der Waals surface area contributed by atoms with Crippen molar-refractivity contribution in [2.24, 2.45) is 5.73 Å². The maximum Gasteiger partial charge on any atom is 0.159 e. The topological polar surface area (TPSA) is 49.8 Å². The highest BCUT2D eigenvalue weighted by Crippen LogP contribution is 2.16. The fourth-order valence-corrected chi connectivity index (χ4v) is 0.518. The first-order valence-electron chi connectivity index (χ1n) is 2.76. The summed E-state index contributed by atoms with van der Waals surface area (Å²) in [7, 11) is 0. The molecule has 0 saturated heterocycles. The Kier molecular flexibility index (Phi) is 4.42. The number of allylic oxidation sites excluding steroid dienone is 4. The minimum Gasteiger partial charge on any atom is -0.387 e. The van der Waals surface area contributed by atoms with Crippen LogP contribution in [0.2, 0.25) is 0 Å². The molecule has 0 aromatic heterocycles. The average molecular weight is 207 g/mol. The van der Waals surface area contributed by atoms with Gasteiger partial charge >= 0.3 is 0 Å². The number of hydrogen-bond donors (Lipinski definition) is 1. The van der Waals surface area contributed by atoms with E-state index >= 15 is 0 Å². The van der Waals surface area contributed by atoms with Crippen LogP contribution in [0.15, 0.2) is 34.2 Å². The SMILES string of the molecule is C=C(Cl)/C(C#N)=C\C(F)=C(/N)Cl. The Morgan fingerprint density at radius 2 is 2.08 bits per heavy atom. The van der Waals surface area contributed by atoms with E-state index in [0.29, 0.717) is 0 Å². The summed E-state index contributed by atoms with van der Waals surface area (Å²) in [6.45, 7) is 3.24. The molecule has 0 bridgehead atoms. The molecule has 0 aromatic rings. The second-order valence-corrected chi connectivity index (χ2v) is 2.63. The van der Waals surface area contributed by atoms with Crippen LogP contribution < -0.4 is 5.73 Å². The van der Waals surface area contributed by atoms with Gasteiger partial charge in [0.1, 0.15) is 11.2 Å². The second kappa shape index (κ2) is 4.81. The Morgan fingerprint density at radius 3 is 2.33 bits per heavy atom. The van der Waals surface area contributed by atoms with E-state index in [9.17, 15) is 4.39 Å². The summed E-state index contributed by atoms with van der Waals surface area (Å²) < 4.78 is 12.6. The number of halogens is 3. The van der Waals surface area contributed by atoms with Gasteiger partial charge in [0.2, 0.25) is 0 Å². The Balaban J connectivity index is 4.90. The van der Waals surface area contributed by atoms with Gasteiger partial charge in [-0.2, -0.15) is 5.26 Å². The van der Waals surface area contributed by atoms with Crippen molar-refractivity contribution in [3.63, 3.8) is 0 Å². The normalized spacial score (nSPS) is 13.3. The maximum absolute atomic E-state index is 12.6. The molecule has 0 aliphatic rings. The maximum atomic E-state index is 12.6. The molecule has 0 spiro atoms. The third-order valence-corrected chi connectivity index (χ3v) is 1.30. The van der Waals surface area contributed by atoms with Gasteiger partial charge < -0.3 is 5.73 Å². The van der Waals surface area contributed by atoms with E-state index in [1.165, 1.54) is 0 Å². The standard InChI is InChI=1S/C7H5Cl2FN2/c1-4(8)5(3-11)2-6(10)7(9)12/h2H,1,12H2/b5-2-,7-6+. The molecule has 0 unspecified atom stereocenters. The van der Waals surface area contributed by atoms with E-state index in [2.05, 4.69) is 6.58 Å². The van der Waals surface area contributed by atoms with Gasteiger partial charge in [-0.05, 0) is 6.08 Å². The van der Waals surface area contributed by atoms with E-state index < -0.39 is 11.0 Å². The molecule has 0 atom stereocenters. The molecular formula is C7H5Cl2FN2. The fourth-order valence-electron chi connectivity index (χ4n) is 0.367. The van der Waals surface area contributed by atoms with Gasteiger partial charge in [0.25, 0.3) is 0 Å². The van der Waals surface area contributed by atoms with Crippen molar-refractivity contribution >= 4 is 23.2 Å². The molecule has 0 fully saturated rings. The monoisotopic (exact) mass is 206 g/mol. The molecule has 0 radical (unpaired) electrons. The highest BCUT2D eigenvalue weighted by atomic mass is 35.5. The van der Waals surface area contributed by atoms with Crippen LogP contribution in [0.5, 0.6) is 0 Å². The molecule has 64 valence electrons. The Hall–Kier alpha value is -0.980. The molecule has 0 amide bonds. The minimum absolute atomic E-state index is 0.0643. The largest absolute Gasteiger partial charge is 0.387 e. The summed E-state index contributed by atoms with van der Waals surface area (Å²) in [5.74, 6) is -0.907. The van der Waals surface area contributed by atoms with Gasteiger partial charge in [-0.25, -0.2) is 4.39 Å². The fraction of sp³-hybridized carbons (Fsp3) is 0. The summed E-state index contributed by atoms with van der Waals surface area (Å²) in [6, 6.07) is 1.63. The number of nitrogens with zero attached hydrogens (tertiary/aromatic N) is 1. The van der Waals surface area contributed by atoms with Gasteiger partial charge in [0.05, 0.1) is 10.6 Å². The van der Waals surface area contributed by atoms with Crippen LogP contribution in [0.3, 0.4) is 0 Å². The van der Waals surface area contributed by atoms with Crippen molar-refractivity contribution in [3.8, 4) is 6.07 Å². The summed E-state index contributed by atoms with van der Waals surface area (Å²) in [5.41, 5.74) is 4.77. The third-order valence-electron chi connectivity index (χ3n) is 0.912. The average Bonchev–Trinajstić information content (AvgIpc) is 1.98. The first kappa shape index (κ1) is 11.0. The predicted octanol–water partition coefficient (Wildman–Crippen LogP) is 2.52. The summed E-state index contributed by atoms with van der Waals surface area (Å²) in [5, 5.41) is 7.80. The van der Waals surface area contributed by atoms with Gasteiger partial charge in [-0.1, -0.05) is 29.8 Å². The smallest absolute Gasteiger partial charge is 0.159 e. The molecule has 0 aliphatic heterocycles. The summed E-state index contributed by atoms with van der Waals surface area (Å²) in [6.07, 6.45) is 0.817. The zero-order valence-corrected chi connectivity index (χ0v) is 7.45. The lowest BCUT2D eigenvalue weighted by Gasteiger charge is -1.92. The lowest BCUT2D eigenvalue weighted by Crippen LogP contribution is -1.90. The van der Waals surface area contributed by atoms with E-state index in [1.54, 1.807) is 6.07 Å². The van der Waals surface area contributed by atoms with Crippen LogP contribution in [0.4, 0.5) is 4.39 Å². The molecule has 2 nitrogen and oxygen atoms in total. The van der Waals surface area contributed by atoms with Crippen molar-refractivity contribution in [2.45, 2.75) is 0 Å². The van der Waals surface area contributed by atoms with E-state index in [0.717, 1.165) is 6.08 Å². The Bertz CT molecular complexity index is 295. The first-order chi connectivity index (χ1) is 5.49. The molecule has 0 saturated carbocycles. The molecule has 5 heteroatoms. The number of hydrogen-bond acceptors (Lipinski definition) is 2. The van der Waals surface area contributed by atoms with Crippen LogP contribution in [0, 0.1) is 11.3 Å². The van der Waals surface area contributed by atoms with Crippen molar-refractivity contribution < 1.29 is 4.39 Å². The van der Waals surface area contributed by atoms with Gasteiger partial charge in [-0.15, -0.1) is 0 Å². The van der Waals surface area contributed by atoms with Gasteiger partial charge in [0, 0.05) is 0 Å². The lowest BCUT2D eigenvalue weighted by atomic mass is 10.2. The van der Waals surface area contributed by atoms with Crippen LogP contribution in [0.1, 0.15) is 0 Å². The van der Waals surface area contributed by atoms with Crippen LogP contribution in [-0.4, -0.2) is 0 Å². The van der Waals surface area contributed by atoms with E-state index in [1.807, 2.05) is 0 Å². The van der Waals surface area contributed by atoms with E-state index in [4.69, 9.17) is 34.2 Å². The second-order valence-electron chi connectivity index (χ2n) is 1.77. The summed E-state index contributed by atoms with van der Waals surface area (Å²) >= 11 is 10.4. The lowest BCUT2D eigenvalue weighted by molar-refractivity contribution is 0.659. The third kappa shape index (κ3) is 3.42. The Morgan fingerprint density at radius 1 is 1.58 bits per heavy atom. The van der Waals surface area contributed by atoms with Crippen molar-refractivity contribution in [1.82, 2.24) is 0 Å². The molecule has 0 heterocycles. The highest BCUT2D eigenvalue weighted by molar-refractivity contribution is 6.32. The van der Waals surface area contributed by atoms with Crippen LogP contribution >= 0.6 is 23.2 Å². The van der Waals surface area contributed by atoms with Gasteiger partial charge in [0.15, 0.2) is 5.83 Å². The molecule has 12 heavy (non-hydrogen) atoms. The van der Waals surface area contributed by atoms with E-state index in [-0.39, 0.29) is 10.6 Å². The van der Waals surface area contributed by atoms with Crippen molar-refractivity contribution in [2.75, 3.05) is 0 Å². The summed E-state index contributed by atoms with van der Waals surface area (Å²) in [4.78, 5) is 0. The van der Waals surface area contributed by atoms with Crippen LogP contribution in [0.25, 0.3) is 0 Å². The number of nitriles is 1. The first-order valence-corrected chi connectivity index (χ1v) is 3.52. The quantitative estimate of drug-likeness (QED) is 0.429. The van der Waals surface area contributed by atoms with Crippen LogP contribution in [-0.2, 0) is 0 Å².